The number of ether oxygens (including phenoxy) is 2. The van der Waals surface area contributed by atoms with Gasteiger partial charge in [0, 0.05) is 6.61 Å². The van der Waals surface area contributed by atoms with Crippen LogP contribution in [0, 0.1) is 0 Å². The number of rotatable bonds is 10. The highest BCUT2D eigenvalue weighted by Crippen LogP contribution is 2.24. The average molecular weight is 281 g/mol. The number of aliphatic hydroxyl groups is 1. The molecule has 112 valence electrons. The number of hydrogen-bond acceptors (Lipinski definition) is 5. The van der Waals surface area contributed by atoms with Gasteiger partial charge in [0.15, 0.2) is 5.78 Å². The number of unbranched alkanes of at least 4 members (excludes halogenated alkanes) is 2. The predicted octanol–water partition coefficient (Wildman–Crippen LogP) is 1.64. The van der Waals surface area contributed by atoms with Crippen molar-refractivity contribution in [2.24, 2.45) is 0 Å². The van der Waals surface area contributed by atoms with Crippen molar-refractivity contribution in [3.63, 3.8) is 0 Å². The predicted molar refractivity (Wildman–Crippen MR) is 77.7 cm³/mol. The lowest BCUT2D eigenvalue weighted by atomic mass is 10.1. The van der Waals surface area contributed by atoms with E-state index in [1.807, 2.05) is 0 Å². The molecule has 0 atom stereocenters. The van der Waals surface area contributed by atoms with Crippen LogP contribution in [0.3, 0.4) is 0 Å². The van der Waals surface area contributed by atoms with Crippen molar-refractivity contribution in [1.29, 1.82) is 0 Å². The largest absolute Gasteiger partial charge is 0.497 e. The summed E-state index contributed by atoms with van der Waals surface area (Å²) in [7, 11) is 3.11. The quantitative estimate of drug-likeness (QED) is 0.504. The maximum Gasteiger partial charge on any atom is 0.180 e. The Labute approximate surface area is 119 Å². The molecule has 0 saturated heterocycles. The third kappa shape index (κ3) is 5.19. The molecule has 0 radical (unpaired) electrons. The van der Waals surface area contributed by atoms with E-state index in [4.69, 9.17) is 14.6 Å². The molecule has 20 heavy (non-hydrogen) atoms. The van der Waals surface area contributed by atoms with Crippen LogP contribution in [0.25, 0.3) is 0 Å². The molecular weight excluding hydrogens is 258 g/mol. The van der Waals surface area contributed by atoms with Gasteiger partial charge in [-0.15, -0.1) is 0 Å². The summed E-state index contributed by atoms with van der Waals surface area (Å²) in [6, 6.07) is 5.18. The van der Waals surface area contributed by atoms with E-state index in [0.29, 0.717) is 17.1 Å². The number of methoxy groups -OCH3 is 2. The lowest BCUT2D eigenvalue weighted by Gasteiger charge is -2.10. The Morgan fingerprint density at radius 1 is 1.20 bits per heavy atom. The Hall–Kier alpha value is -1.59. The zero-order valence-electron chi connectivity index (χ0n) is 12.1. The zero-order valence-corrected chi connectivity index (χ0v) is 12.1. The minimum atomic E-state index is -0.0251. The highest BCUT2D eigenvalue weighted by Gasteiger charge is 2.13. The summed E-state index contributed by atoms with van der Waals surface area (Å²) >= 11 is 0. The van der Waals surface area contributed by atoms with Crippen molar-refractivity contribution in [3.05, 3.63) is 23.8 Å². The Balaban J connectivity index is 2.49. The van der Waals surface area contributed by atoms with Crippen LogP contribution in [0.2, 0.25) is 0 Å². The van der Waals surface area contributed by atoms with E-state index in [9.17, 15) is 4.79 Å². The number of nitrogens with one attached hydrogen (secondary N) is 1. The van der Waals surface area contributed by atoms with Crippen LogP contribution < -0.4 is 14.8 Å². The van der Waals surface area contributed by atoms with E-state index in [-0.39, 0.29) is 18.9 Å². The third-order valence-electron chi connectivity index (χ3n) is 3.00. The van der Waals surface area contributed by atoms with E-state index in [1.165, 1.54) is 0 Å². The fraction of sp³-hybridized carbons (Fsp3) is 0.533. The van der Waals surface area contributed by atoms with Crippen molar-refractivity contribution in [2.75, 3.05) is 33.9 Å². The van der Waals surface area contributed by atoms with Crippen LogP contribution in [0.1, 0.15) is 29.6 Å². The van der Waals surface area contributed by atoms with Gasteiger partial charge in [0.05, 0.1) is 26.3 Å². The number of benzene rings is 1. The Bertz CT molecular complexity index is 420. The Kier molecular flexibility index (Phi) is 7.69. The number of carbonyl (C=O) groups excluding carboxylic acids is 1. The van der Waals surface area contributed by atoms with Crippen molar-refractivity contribution >= 4 is 5.78 Å². The molecule has 1 aromatic carbocycles. The number of aliphatic hydroxyl groups excluding tert-OH is 1. The van der Waals surface area contributed by atoms with Crippen LogP contribution >= 0.6 is 0 Å². The molecule has 1 rings (SSSR count). The van der Waals surface area contributed by atoms with Gasteiger partial charge in [-0.3, -0.25) is 4.79 Å². The summed E-state index contributed by atoms with van der Waals surface area (Å²) in [6.45, 7) is 1.25. The highest BCUT2D eigenvalue weighted by molar-refractivity contribution is 6.00. The summed E-state index contributed by atoms with van der Waals surface area (Å²) in [5, 5.41) is 11.8. The van der Waals surface area contributed by atoms with Crippen LogP contribution in [0.4, 0.5) is 0 Å². The van der Waals surface area contributed by atoms with Crippen LogP contribution in [0.15, 0.2) is 18.2 Å². The van der Waals surface area contributed by atoms with Crippen molar-refractivity contribution in [1.82, 2.24) is 5.32 Å². The van der Waals surface area contributed by atoms with Gasteiger partial charge >= 0.3 is 0 Å². The third-order valence-corrected chi connectivity index (χ3v) is 3.00. The molecule has 0 amide bonds. The van der Waals surface area contributed by atoms with Crippen molar-refractivity contribution in [2.45, 2.75) is 19.3 Å². The lowest BCUT2D eigenvalue weighted by molar-refractivity contribution is 0.0987. The first-order chi connectivity index (χ1) is 9.72. The average Bonchev–Trinajstić information content (AvgIpc) is 2.49. The van der Waals surface area contributed by atoms with Crippen LogP contribution in [-0.2, 0) is 0 Å². The van der Waals surface area contributed by atoms with Crippen molar-refractivity contribution < 1.29 is 19.4 Å². The van der Waals surface area contributed by atoms with Gasteiger partial charge in [-0.1, -0.05) is 0 Å². The van der Waals surface area contributed by atoms with Gasteiger partial charge in [-0.2, -0.15) is 0 Å². The van der Waals surface area contributed by atoms with Gasteiger partial charge in [0.1, 0.15) is 11.5 Å². The van der Waals surface area contributed by atoms with Crippen LogP contribution in [0.5, 0.6) is 11.5 Å². The van der Waals surface area contributed by atoms with E-state index in [1.54, 1.807) is 32.4 Å². The number of hydrogen-bond donors (Lipinski definition) is 2. The molecule has 5 heteroatoms. The molecule has 0 aliphatic carbocycles. The fourth-order valence-electron chi connectivity index (χ4n) is 1.87. The second-order valence-electron chi connectivity index (χ2n) is 4.45. The van der Waals surface area contributed by atoms with Gasteiger partial charge in [-0.05, 0) is 44.0 Å². The summed E-state index contributed by atoms with van der Waals surface area (Å²) in [5.74, 6) is 1.16. The second-order valence-corrected chi connectivity index (χ2v) is 4.45. The van der Waals surface area contributed by atoms with E-state index < -0.39 is 0 Å². The molecule has 5 nitrogen and oxygen atoms in total. The fourth-order valence-corrected chi connectivity index (χ4v) is 1.87. The minimum absolute atomic E-state index is 0.0251. The second kappa shape index (κ2) is 9.34. The summed E-state index contributed by atoms with van der Waals surface area (Å²) in [6.07, 6.45) is 2.71. The van der Waals surface area contributed by atoms with E-state index in [0.717, 1.165) is 25.8 Å². The highest BCUT2D eigenvalue weighted by atomic mass is 16.5. The first-order valence-electron chi connectivity index (χ1n) is 6.79. The molecule has 0 heterocycles. The molecule has 2 N–H and O–H groups in total. The maximum atomic E-state index is 12.1. The smallest absolute Gasteiger partial charge is 0.180 e. The van der Waals surface area contributed by atoms with Gasteiger partial charge in [0.2, 0.25) is 0 Å². The molecule has 0 aliphatic heterocycles. The first kappa shape index (κ1) is 16.5. The van der Waals surface area contributed by atoms with Crippen LogP contribution in [-0.4, -0.2) is 44.8 Å². The molecule has 0 aromatic heterocycles. The van der Waals surface area contributed by atoms with Gasteiger partial charge in [-0.25, -0.2) is 0 Å². The first-order valence-corrected chi connectivity index (χ1v) is 6.79. The molecule has 1 aromatic rings. The molecule has 0 aliphatic rings. The normalized spacial score (nSPS) is 10.3. The summed E-state index contributed by atoms with van der Waals surface area (Å²) in [5.41, 5.74) is 0.523. The standard InChI is InChI=1S/C15H23NO4/c1-19-12-6-7-15(20-2)13(10-12)14(18)11-16-8-4-3-5-9-17/h6-7,10,16-17H,3-5,8-9,11H2,1-2H3. The summed E-state index contributed by atoms with van der Waals surface area (Å²) in [4.78, 5) is 12.1. The number of Topliss-reactive ketones (excluding diaryl/α,β-unsaturated/α-hetero) is 1. The molecule has 0 spiro atoms. The molecule has 0 unspecified atom stereocenters. The number of ketones is 1. The lowest BCUT2D eigenvalue weighted by Crippen LogP contribution is -2.24. The minimum Gasteiger partial charge on any atom is -0.497 e. The van der Waals surface area contributed by atoms with E-state index in [2.05, 4.69) is 5.32 Å². The van der Waals surface area contributed by atoms with Gasteiger partial charge in [0.25, 0.3) is 0 Å². The topological polar surface area (TPSA) is 67.8 Å². The van der Waals surface area contributed by atoms with E-state index >= 15 is 0 Å². The molecular formula is C15H23NO4. The Morgan fingerprint density at radius 2 is 2.00 bits per heavy atom. The molecule has 0 saturated carbocycles. The summed E-state index contributed by atoms with van der Waals surface area (Å²) < 4.78 is 10.3. The zero-order chi connectivity index (χ0) is 14.8. The SMILES string of the molecule is COc1ccc(OC)c(C(=O)CNCCCCCO)c1. The number of carbonyl (C=O) groups is 1. The monoisotopic (exact) mass is 281 g/mol. The maximum absolute atomic E-state index is 12.1. The molecule has 0 bridgehead atoms. The Morgan fingerprint density at radius 3 is 2.65 bits per heavy atom. The van der Waals surface area contributed by atoms with Crippen molar-refractivity contribution in [3.8, 4) is 11.5 Å². The van der Waals surface area contributed by atoms with Gasteiger partial charge < -0.3 is 19.9 Å². The molecule has 0 fully saturated rings.